The van der Waals surface area contributed by atoms with Gasteiger partial charge in [-0.3, -0.25) is 10.1 Å². The van der Waals surface area contributed by atoms with Gasteiger partial charge in [0.25, 0.3) is 0 Å². The summed E-state index contributed by atoms with van der Waals surface area (Å²) in [7, 11) is 1.63. The number of methoxy groups -OCH3 is 1. The van der Waals surface area contributed by atoms with Crippen molar-refractivity contribution < 1.29 is 13.9 Å². The van der Waals surface area contributed by atoms with Crippen LogP contribution in [-0.2, 0) is 4.79 Å². The van der Waals surface area contributed by atoms with Gasteiger partial charge in [-0.05, 0) is 49.7 Å². The van der Waals surface area contributed by atoms with Crippen LogP contribution in [0, 0.1) is 13.8 Å². The second-order valence-corrected chi connectivity index (χ2v) is 7.22. The first-order valence-corrected chi connectivity index (χ1v) is 9.51. The van der Waals surface area contributed by atoms with Crippen molar-refractivity contribution in [3.63, 3.8) is 0 Å². The number of carbonyl (C=O) groups excluding carboxylic acids is 1. The van der Waals surface area contributed by atoms with Crippen molar-refractivity contribution in [2.75, 3.05) is 18.2 Å². The Bertz CT molecular complexity index is 922. The summed E-state index contributed by atoms with van der Waals surface area (Å²) in [5.74, 6) is 1.70. The Morgan fingerprint density at radius 3 is 2.67 bits per heavy atom. The van der Waals surface area contributed by atoms with Crippen molar-refractivity contribution in [3.05, 3.63) is 53.6 Å². The van der Waals surface area contributed by atoms with Crippen molar-refractivity contribution in [2.45, 2.75) is 25.2 Å². The summed E-state index contributed by atoms with van der Waals surface area (Å²) in [6.07, 6.45) is 0.345. The number of nitrogens with zero attached hydrogens (tertiary/aromatic N) is 2. The summed E-state index contributed by atoms with van der Waals surface area (Å²) in [4.78, 5) is 13.2. The van der Waals surface area contributed by atoms with Gasteiger partial charge in [-0.2, -0.15) is 0 Å². The predicted octanol–water partition coefficient (Wildman–Crippen LogP) is 4.48. The van der Waals surface area contributed by atoms with E-state index in [1.54, 1.807) is 18.9 Å². The van der Waals surface area contributed by atoms with E-state index in [-0.39, 0.29) is 11.9 Å². The van der Waals surface area contributed by atoms with E-state index in [1.165, 1.54) is 0 Å². The molecule has 2 aromatic carbocycles. The minimum Gasteiger partial charge on any atom is -0.497 e. The van der Waals surface area contributed by atoms with E-state index in [4.69, 9.17) is 9.15 Å². The second kappa shape index (κ2) is 8.73. The van der Waals surface area contributed by atoms with Crippen LogP contribution in [0.5, 0.6) is 5.75 Å². The normalized spacial score (nSPS) is 10.6. The van der Waals surface area contributed by atoms with Gasteiger partial charge in [-0.1, -0.05) is 22.8 Å². The number of carbonyl (C=O) groups is 1. The highest BCUT2D eigenvalue weighted by molar-refractivity contribution is 7.99. The second-order valence-electron chi connectivity index (χ2n) is 6.05. The standard InChI is InChI=1S/C20H21N3O3S/c1-13-4-5-14(2)17(12-13)19-22-23-20(26-19)21-18(24)10-11-27-16-8-6-15(25-3)7-9-16/h4-9,12H,10-11H2,1-3H3,(H,21,23,24). The molecule has 0 saturated heterocycles. The third kappa shape index (κ3) is 5.10. The molecule has 0 saturated carbocycles. The molecule has 0 spiro atoms. The van der Waals surface area contributed by atoms with Crippen LogP contribution in [0.3, 0.4) is 0 Å². The zero-order valence-electron chi connectivity index (χ0n) is 15.5. The van der Waals surface area contributed by atoms with E-state index < -0.39 is 0 Å². The molecular formula is C20H21N3O3S. The summed E-state index contributed by atoms with van der Waals surface area (Å²) in [6.45, 7) is 3.98. The van der Waals surface area contributed by atoms with Crippen molar-refractivity contribution in [1.29, 1.82) is 0 Å². The first kappa shape index (κ1) is 19.0. The molecule has 1 amide bonds. The summed E-state index contributed by atoms with van der Waals surface area (Å²) in [6, 6.07) is 13.9. The average Bonchev–Trinajstić information content (AvgIpc) is 3.12. The molecule has 1 N–H and O–H groups in total. The zero-order valence-corrected chi connectivity index (χ0v) is 16.3. The number of thioether (sulfide) groups is 1. The fourth-order valence-electron chi connectivity index (χ4n) is 2.46. The lowest BCUT2D eigenvalue weighted by atomic mass is 10.1. The van der Waals surface area contributed by atoms with E-state index >= 15 is 0 Å². The number of anilines is 1. The average molecular weight is 383 g/mol. The molecule has 140 valence electrons. The van der Waals surface area contributed by atoms with Crippen LogP contribution in [0.2, 0.25) is 0 Å². The van der Waals surface area contributed by atoms with Crippen LogP contribution in [0.1, 0.15) is 17.5 Å². The number of hydrogen-bond donors (Lipinski definition) is 1. The number of benzene rings is 2. The number of nitrogens with one attached hydrogen (secondary N) is 1. The maximum Gasteiger partial charge on any atom is 0.322 e. The number of aromatic nitrogens is 2. The molecule has 3 aromatic rings. The van der Waals surface area contributed by atoms with Crippen molar-refractivity contribution >= 4 is 23.7 Å². The Kier molecular flexibility index (Phi) is 6.13. The Balaban J connectivity index is 1.52. The lowest BCUT2D eigenvalue weighted by Crippen LogP contribution is -2.12. The molecule has 0 aliphatic rings. The highest BCUT2D eigenvalue weighted by Crippen LogP contribution is 2.25. The molecule has 0 aliphatic heterocycles. The van der Waals surface area contributed by atoms with Gasteiger partial charge in [0.05, 0.1) is 7.11 Å². The number of amides is 1. The molecular weight excluding hydrogens is 362 g/mol. The minimum atomic E-state index is -0.160. The molecule has 0 bridgehead atoms. The maximum atomic E-state index is 12.1. The van der Waals surface area contributed by atoms with Gasteiger partial charge < -0.3 is 9.15 Å². The van der Waals surface area contributed by atoms with Gasteiger partial charge in [0, 0.05) is 22.6 Å². The van der Waals surface area contributed by atoms with Gasteiger partial charge in [-0.25, -0.2) is 0 Å². The van der Waals surface area contributed by atoms with Crippen LogP contribution >= 0.6 is 11.8 Å². The van der Waals surface area contributed by atoms with Crippen LogP contribution in [0.4, 0.5) is 6.01 Å². The monoisotopic (exact) mass is 383 g/mol. The molecule has 0 fully saturated rings. The van der Waals surface area contributed by atoms with E-state index in [0.717, 1.165) is 27.3 Å². The lowest BCUT2D eigenvalue weighted by molar-refractivity contribution is -0.115. The first-order valence-electron chi connectivity index (χ1n) is 8.53. The third-order valence-corrected chi connectivity index (χ3v) is 4.97. The van der Waals surface area contributed by atoms with E-state index in [9.17, 15) is 4.79 Å². The fraction of sp³-hybridized carbons (Fsp3) is 0.250. The smallest absolute Gasteiger partial charge is 0.322 e. The topological polar surface area (TPSA) is 77.2 Å². The fourth-order valence-corrected chi connectivity index (χ4v) is 3.32. The predicted molar refractivity (Wildman–Crippen MR) is 106 cm³/mol. The number of aryl methyl sites for hydroxylation is 2. The molecule has 0 radical (unpaired) electrons. The van der Waals surface area contributed by atoms with Gasteiger partial charge in [-0.15, -0.1) is 16.9 Å². The zero-order chi connectivity index (χ0) is 19.2. The third-order valence-electron chi connectivity index (χ3n) is 3.95. The largest absolute Gasteiger partial charge is 0.497 e. The number of rotatable bonds is 7. The number of hydrogen-bond acceptors (Lipinski definition) is 6. The SMILES string of the molecule is COc1ccc(SCCC(=O)Nc2nnc(-c3cc(C)ccc3C)o2)cc1. The molecule has 1 heterocycles. The van der Waals surface area contributed by atoms with E-state index in [1.807, 2.05) is 56.3 Å². The minimum absolute atomic E-state index is 0.116. The lowest BCUT2D eigenvalue weighted by Gasteiger charge is -2.04. The van der Waals surface area contributed by atoms with Crippen molar-refractivity contribution in [3.8, 4) is 17.2 Å². The molecule has 3 rings (SSSR count). The Hall–Kier alpha value is -2.80. The molecule has 6 nitrogen and oxygen atoms in total. The molecule has 0 unspecified atom stereocenters. The summed E-state index contributed by atoms with van der Waals surface area (Å²) in [5.41, 5.74) is 3.02. The molecule has 27 heavy (non-hydrogen) atoms. The van der Waals surface area contributed by atoms with Gasteiger partial charge in [0.1, 0.15) is 5.75 Å². The quantitative estimate of drug-likeness (QED) is 0.606. The van der Waals surface area contributed by atoms with Gasteiger partial charge in [0.15, 0.2) is 0 Å². The maximum absolute atomic E-state index is 12.1. The number of ether oxygens (including phenoxy) is 1. The highest BCUT2D eigenvalue weighted by Gasteiger charge is 2.13. The van der Waals surface area contributed by atoms with E-state index in [2.05, 4.69) is 15.5 Å². The summed E-state index contributed by atoms with van der Waals surface area (Å²) in [5, 5.41) is 10.6. The van der Waals surface area contributed by atoms with Crippen molar-refractivity contribution in [1.82, 2.24) is 10.2 Å². The van der Waals surface area contributed by atoms with E-state index in [0.29, 0.717) is 18.1 Å². The Morgan fingerprint density at radius 1 is 1.15 bits per heavy atom. The molecule has 1 aromatic heterocycles. The molecule has 7 heteroatoms. The van der Waals surface area contributed by atoms with Crippen LogP contribution in [0.25, 0.3) is 11.5 Å². The van der Waals surface area contributed by atoms with Gasteiger partial charge >= 0.3 is 6.01 Å². The van der Waals surface area contributed by atoms with Crippen LogP contribution < -0.4 is 10.1 Å². The Morgan fingerprint density at radius 2 is 1.93 bits per heavy atom. The molecule has 0 atom stereocenters. The van der Waals surface area contributed by atoms with Crippen molar-refractivity contribution in [2.24, 2.45) is 0 Å². The summed E-state index contributed by atoms with van der Waals surface area (Å²) < 4.78 is 10.7. The first-order chi connectivity index (χ1) is 13.0. The summed E-state index contributed by atoms with van der Waals surface area (Å²) >= 11 is 1.60. The Labute approximate surface area is 162 Å². The van der Waals surface area contributed by atoms with Crippen LogP contribution in [0.15, 0.2) is 51.8 Å². The van der Waals surface area contributed by atoms with Gasteiger partial charge in [0.2, 0.25) is 11.8 Å². The van der Waals surface area contributed by atoms with Crippen LogP contribution in [-0.4, -0.2) is 29.0 Å². The molecule has 0 aliphatic carbocycles. The highest BCUT2D eigenvalue weighted by atomic mass is 32.2.